The van der Waals surface area contributed by atoms with Crippen LogP contribution in [0.5, 0.6) is 0 Å². The summed E-state index contributed by atoms with van der Waals surface area (Å²) in [5.41, 5.74) is 0.806. The van der Waals surface area contributed by atoms with Crippen molar-refractivity contribution >= 4 is 0 Å². The van der Waals surface area contributed by atoms with Crippen molar-refractivity contribution in [2.45, 2.75) is 39.7 Å². The second kappa shape index (κ2) is 4.96. The monoisotopic (exact) mass is 253 g/mol. The Hall–Kier alpha value is -0.960. The minimum absolute atomic E-state index is 0.237. The van der Waals surface area contributed by atoms with Crippen LogP contribution in [0.2, 0.25) is 0 Å². The summed E-state index contributed by atoms with van der Waals surface area (Å²) in [6, 6.07) is 4.66. The van der Waals surface area contributed by atoms with Gasteiger partial charge in [-0.3, -0.25) is 0 Å². The van der Waals surface area contributed by atoms with Crippen molar-refractivity contribution < 1.29 is 8.78 Å². The minimum atomic E-state index is -0.752. The van der Waals surface area contributed by atoms with Gasteiger partial charge in [-0.25, -0.2) is 8.78 Å². The summed E-state index contributed by atoms with van der Waals surface area (Å²) >= 11 is 0. The average Bonchev–Trinajstić information content (AvgIpc) is 2.93. The highest BCUT2D eigenvalue weighted by molar-refractivity contribution is 5.21. The molecule has 1 fully saturated rings. The summed E-state index contributed by atoms with van der Waals surface area (Å²) in [6.07, 6.45) is 1.72. The Morgan fingerprint density at radius 3 is 2.61 bits per heavy atom. The molecule has 0 aromatic heterocycles. The van der Waals surface area contributed by atoms with E-state index < -0.39 is 11.6 Å². The molecule has 0 radical (unpaired) electrons. The van der Waals surface area contributed by atoms with E-state index in [0.29, 0.717) is 23.3 Å². The first-order chi connectivity index (χ1) is 8.45. The van der Waals surface area contributed by atoms with Crippen molar-refractivity contribution in [2.24, 2.45) is 11.3 Å². The van der Waals surface area contributed by atoms with E-state index in [0.717, 1.165) is 13.0 Å². The Morgan fingerprint density at radius 1 is 1.39 bits per heavy atom. The van der Waals surface area contributed by atoms with Crippen LogP contribution >= 0.6 is 0 Å². The summed E-state index contributed by atoms with van der Waals surface area (Å²) in [5, 5.41) is 3.41. The van der Waals surface area contributed by atoms with Crippen LogP contribution in [0.25, 0.3) is 0 Å². The molecular formula is C15H21F2N. The molecule has 1 aromatic rings. The molecule has 18 heavy (non-hydrogen) atoms. The van der Waals surface area contributed by atoms with Crippen LogP contribution in [0.15, 0.2) is 18.2 Å². The molecule has 3 heteroatoms. The van der Waals surface area contributed by atoms with Gasteiger partial charge >= 0.3 is 0 Å². The zero-order valence-corrected chi connectivity index (χ0v) is 11.3. The van der Waals surface area contributed by atoms with Crippen LogP contribution in [0.3, 0.4) is 0 Å². The zero-order valence-electron chi connectivity index (χ0n) is 11.3. The van der Waals surface area contributed by atoms with Gasteiger partial charge in [-0.05, 0) is 42.3 Å². The van der Waals surface area contributed by atoms with E-state index >= 15 is 0 Å². The molecule has 0 heterocycles. The van der Waals surface area contributed by atoms with E-state index in [1.54, 1.807) is 12.1 Å². The summed E-state index contributed by atoms with van der Waals surface area (Å²) < 4.78 is 26.9. The lowest BCUT2D eigenvalue weighted by atomic mass is 9.97. The number of hydrogen-bond acceptors (Lipinski definition) is 1. The largest absolute Gasteiger partial charge is 0.314 e. The van der Waals surface area contributed by atoms with Gasteiger partial charge in [0.25, 0.3) is 0 Å². The molecule has 1 N–H and O–H groups in total. The van der Waals surface area contributed by atoms with Crippen molar-refractivity contribution in [1.29, 1.82) is 0 Å². The van der Waals surface area contributed by atoms with Crippen molar-refractivity contribution in [3.05, 3.63) is 35.4 Å². The van der Waals surface area contributed by atoms with E-state index in [1.807, 2.05) is 6.92 Å². The Balaban J connectivity index is 2.12. The molecule has 0 saturated heterocycles. The third kappa shape index (κ3) is 2.72. The molecule has 1 nitrogen and oxygen atoms in total. The van der Waals surface area contributed by atoms with Gasteiger partial charge in [0.15, 0.2) is 11.6 Å². The molecule has 2 atom stereocenters. The lowest BCUT2D eigenvalue weighted by Gasteiger charge is -2.20. The van der Waals surface area contributed by atoms with Crippen molar-refractivity contribution in [2.75, 3.05) is 6.54 Å². The molecule has 1 aliphatic carbocycles. The molecular weight excluding hydrogens is 232 g/mol. The van der Waals surface area contributed by atoms with Gasteiger partial charge in [0.2, 0.25) is 0 Å². The van der Waals surface area contributed by atoms with Gasteiger partial charge < -0.3 is 5.32 Å². The second-order valence-electron chi connectivity index (χ2n) is 5.88. The van der Waals surface area contributed by atoms with Crippen LogP contribution in [0.4, 0.5) is 8.78 Å². The van der Waals surface area contributed by atoms with Crippen LogP contribution in [-0.2, 0) is 6.42 Å². The number of likely N-dealkylation sites (N-methyl/N-ethyl adjacent to an activating group) is 1. The van der Waals surface area contributed by atoms with E-state index in [4.69, 9.17) is 0 Å². The first kappa shape index (κ1) is 13.5. The SMILES string of the molecule is CCNC(Cc1cccc(F)c1F)C1CC1(C)C. The smallest absolute Gasteiger partial charge is 0.162 e. The maximum absolute atomic E-state index is 13.7. The maximum atomic E-state index is 13.7. The highest BCUT2D eigenvalue weighted by Crippen LogP contribution is 2.54. The van der Waals surface area contributed by atoms with Crippen LogP contribution < -0.4 is 5.32 Å². The van der Waals surface area contributed by atoms with Gasteiger partial charge in [0, 0.05) is 6.04 Å². The van der Waals surface area contributed by atoms with Gasteiger partial charge in [0.1, 0.15) is 0 Å². The minimum Gasteiger partial charge on any atom is -0.314 e. The molecule has 100 valence electrons. The Kier molecular flexibility index (Phi) is 3.71. The van der Waals surface area contributed by atoms with Crippen molar-refractivity contribution in [3.8, 4) is 0 Å². The Labute approximate surface area is 108 Å². The molecule has 0 spiro atoms. The number of rotatable bonds is 5. The van der Waals surface area contributed by atoms with Gasteiger partial charge in [0.05, 0.1) is 0 Å². The second-order valence-corrected chi connectivity index (χ2v) is 5.88. The first-order valence-electron chi connectivity index (χ1n) is 6.62. The fourth-order valence-corrected chi connectivity index (χ4v) is 2.76. The molecule has 0 aliphatic heterocycles. The normalized spacial score (nSPS) is 22.8. The topological polar surface area (TPSA) is 12.0 Å². The Bertz CT molecular complexity index is 429. The molecule has 0 bridgehead atoms. The van der Waals surface area contributed by atoms with E-state index in [2.05, 4.69) is 19.2 Å². The highest BCUT2D eigenvalue weighted by Gasteiger charge is 2.49. The lowest BCUT2D eigenvalue weighted by molar-refractivity contribution is 0.401. The van der Waals surface area contributed by atoms with E-state index in [1.165, 1.54) is 6.07 Å². The molecule has 2 unspecified atom stereocenters. The zero-order chi connectivity index (χ0) is 13.3. The maximum Gasteiger partial charge on any atom is 0.162 e. The summed E-state index contributed by atoms with van der Waals surface area (Å²) in [5.74, 6) is -0.892. The third-order valence-electron chi connectivity index (χ3n) is 4.01. The number of hydrogen-bond donors (Lipinski definition) is 1. The van der Waals surface area contributed by atoms with Crippen LogP contribution in [-0.4, -0.2) is 12.6 Å². The molecule has 2 rings (SSSR count). The predicted octanol–water partition coefficient (Wildman–Crippen LogP) is 3.53. The van der Waals surface area contributed by atoms with E-state index in [-0.39, 0.29) is 6.04 Å². The van der Waals surface area contributed by atoms with Crippen LogP contribution in [0, 0.1) is 23.0 Å². The molecule has 1 aromatic carbocycles. The molecule has 0 amide bonds. The number of halogens is 2. The number of benzene rings is 1. The quantitative estimate of drug-likeness (QED) is 0.846. The summed E-state index contributed by atoms with van der Waals surface area (Å²) in [7, 11) is 0. The van der Waals surface area contributed by atoms with Crippen LogP contribution in [0.1, 0.15) is 32.8 Å². The van der Waals surface area contributed by atoms with Crippen molar-refractivity contribution in [3.63, 3.8) is 0 Å². The number of nitrogens with one attached hydrogen (secondary N) is 1. The van der Waals surface area contributed by atoms with Crippen molar-refractivity contribution in [1.82, 2.24) is 5.32 Å². The van der Waals surface area contributed by atoms with E-state index in [9.17, 15) is 8.78 Å². The lowest BCUT2D eigenvalue weighted by Crippen LogP contribution is -2.34. The van der Waals surface area contributed by atoms with Gasteiger partial charge in [-0.15, -0.1) is 0 Å². The van der Waals surface area contributed by atoms with Gasteiger partial charge in [-0.1, -0.05) is 32.9 Å². The third-order valence-corrected chi connectivity index (χ3v) is 4.01. The summed E-state index contributed by atoms with van der Waals surface area (Å²) in [6.45, 7) is 7.35. The Morgan fingerprint density at radius 2 is 2.06 bits per heavy atom. The molecule has 1 saturated carbocycles. The average molecular weight is 253 g/mol. The highest BCUT2D eigenvalue weighted by atomic mass is 19.2. The summed E-state index contributed by atoms with van der Waals surface area (Å²) in [4.78, 5) is 0. The standard InChI is InChI=1S/C15H21F2N/c1-4-18-13(11-9-15(11,2)3)8-10-6-5-7-12(16)14(10)17/h5-7,11,13,18H,4,8-9H2,1-3H3. The fourth-order valence-electron chi connectivity index (χ4n) is 2.76. The first-order valence-corrected chi connectivity index (χ1v) is 6.62. The fraction of sp³-hybridized carbons (Fsp3) is 0.600. The van der Waals surface area contributed by atoms with Gasteiger partial charge in [-0.2, -0.15) is 0 Å². The molecule has 1 aliphatic rings. The predicted molar refractivity (Wildman–Crippen MR) is 69.4 cm³/mol.